The molecule has 0 unspecified atom stereocenters. The van der Waals surface area contributed by atoms with Gasteiger partial charge in [0.05, 0.1) is 13.2 Å². The van der Waals surface area contributed by atoms with Crippen LogP contribution in [0.2, 0.25) is 0 Å². The van der Waals surface area contributed by atoms with Crippen molar-refractivity contribution in [2.75, 3.05) is 6.61 Å². The average molecular weight is 687 g/mol. The van der Waals surface area contributed by atoms with Gasteiger partial charge >= 0.3 is 12.2 Å². The predicted molar refractivity (Wildman–Crippen MR) is 200 cm³/mol. The van der Waals surface area contributed by atoms with Gasteiger partial charge in [-0.05, 0) is 55.6 Å². The fourth-order valence-corrected chi connectivity index (χ4v) is 7.33. The van der Waals surface area contributed by atoms with Crippen molar-refractivity contribution >= 4 is 12.2 Å². The van der Waals surface area contributed by atoms with Crippen molar-refractivity contribution in [3.8, 4) is 22.3 Å². The number of rotatable bonds is 11. The smallest absolute Gasteiger partial charge is 0.408 e. The molecule has 2 amide bonds. The fraction of sp³-hybridized carbons (Fsp3) is 0.156. The zero-order valence-corrected chi connectivity index (χ0v) is 28.6. The molecule has 7 nitrogen and oxygen atoms in total. The van der Waals surface area contributed by atoms with E-state index in [1.807, 2.05) is 109 Å². The molecule has 0 bridgehead atoms. The average Bonchev–Trinajstić information content (AvgIpc) is 3.68. The van der Waals surface area contributed by atoms with Crippen molar-refractivity contribution in [1.82, 2.24) is 10.6 Å². The van der Waals surface area contributed by atoms with Crippen LogP contribution in [0.15, 0.2) is 146 Å². The van der Waals surface area contributed by atoms with Crippen molar-refractivity contribution in [2.45, 2.75) is 38.3 Å². The van der Waals surface area contributed by atoms with Gasteiger partial charge in [0, 0.05) is 30.1 Å². The van der Waals surface area contributed by atoms with Crippen molar-refractivity contribution in [1.29, 1.82) is 0 Å². The van der Waals surface area contributed by atoms with Gasteiger partial charge in [0.1, 0.15) is 6.61 Å². The molecule has 0 spiro atoms. The molecule has 2 aliphatic rings. The lowest BCUT2D eigenvalue weighted by atomic mass is 9.98. The highest BCUT2D eigenvalue weighted by Crippen LogP contribution is 2.46. The molecular formula is C45H38N2O5. The number of hydrogen-bond donors (Lipinski definition) is 2. The number of benzene rings is 6. The standard InChI is InChI=1S/C45H38N2O5/c48-44(51-29-42-38-19-3-1-15-34(38)35-16-2-4-20-39(35)42)46-25-30-11-9-13-32(23-30)27-50-28-33-14-10-12-31(24-33)26-47-45(49)52-43-40-21-7-5-17-36(40)37-18-6-8-22-41(37)43/h1-24,42-43H,25-29H2,(H,46,48)(H,47,49). The van der Waals surface area contributed by atoms with Crippen LogP contribution in [0, 0.1) is 0 Å². The van der Waals surface area contributed by atoms with Gasteiger partial charge in [-0.3, -0.25) is 0 Å². The summed E-state index contributed by atoms with van der Waals surface area (Å²) >= 11 is 0. The number of carbonyl (C=O) groups is 2. The van der Waals surface area contributed by atoms with Gasteiger partial charge in [-0.15, -0.1) is 0 Å². The maximum absolute atomic E-state index is 12.9. The monoisotopic (exact) mass is 686 g/mol. The molecule has 0 heterocycles. The first kappa shape index (κ1) is 33.0. The largest absolute Gasteiger partial charge is 0.449 e. The first-order valence-electron chi connectivity index (χ1n) is 17.6. The summed E-state index contributed by atoms with van der Waals surface area (Å²) in [6.45, 7) is 1.79. The van der Waals surface area contributed by atoms with Gasteiger partial charge in [0.15, 0.2) is 6.10 Å². The van der Waals surface area contributed by atoms with E-state index < -0.39 is 18.3 Å². The Bertz CT molecular complexity index is 2160. The molecule has 52 heavy (non-hydrogen) atoms. The highest BCUT2D eigenvalue weighted by atomic mass is 16.6. The van der Waals surface area contributed by atoms with Crippen LogP contribution in [-0.4, -0.2) is 18.8 Å². The van der Waals surface area contributed by atoms with Gasteiger partial charge in [-0.1, -0.05) is 146 Å². The van der Waals surface area contributed by atoms with E-state index in [-0.39, 0.29) is 12.5 Å². The zero-order chi connectivity index (χ0) is 35.3. The lowest BCUT2D eigenvalue weighted by Crippen LogP contribution is -2.25. The van der Waals surface area contributed by atoms with E-state index in [0.717, 1.165) is 44.5 Å². The van der Waals surface area contributed by atoms with Crippen LogP contribution < -0.4 is 10.6 Å². The van der Waals surface area contributed by atoms with Crippen LogP contribution in [0.1, 0.15) is 56.5 Å². The predicted octanol–water partition coefficient (Wildman–Crippen LogP) is 9.44. The summed E-state index contributed by atoms with van der Waals surface area (Å²) in [6, 6.07) is 48.6. The van der Waals surface area contributed by atoms with Crippen molar-refractivity contribution in [3.05, 3.63) is 190 Å². The third-order valence-electron chi connectivity index (χ3n) is 9.74. The highest BCUT2D eigenvalue weighted by molar-refractivity contribution is 5.80. The Balaban J connectivity index is 0.788. The topological polar surface area (TPSA) is 85.9 Å². The second-order valence-electron chi connectivity index (χ2n) is 13.1. The number of hydrogen-bond acceptors (Lipinski definition) is 5. The number of nitrogens with one attached hydrogen (secondary N) is 2. The molecule has 8 rings (SSSR count). The maximum atomic E-state index is 12.9. The van der Waals surface area contributed by atoms with Gasteiger partial charge in [-0.25, -0.2) is 9.59 Å². The molecule has 6 aromatic carbocycles. The molecule has 0 saturated carbocycles. The van der Waals surface area contributed by atoms with Crippen molar-refractivity contribution in [3.63, 3.8) is 0 Å². The minimum atomic E-state index is -0.467. The third-order valence-corrected chi connectivity index (χ3v) is 9.74. The van der Waals surface area contributed by atoms with Crippen LogP contribution in [0.3, 0.4) is 0 Å². The second kappa shape index (κ2) is 15.0. The van der Waals surface area contributed by atoms with Crippen LogP contribution in [0.25, 0.3) is 22.3 Å². The summed E-state index contributed by atoms with van der Waals surface area (Å²) in [4.78, 5) is 25.6. The lowest BCUT2D eigenvalue weighted by Gasteiger charge is -2.16. The Morgan fingerprint density at radius 1 is 0.481 bits per heavy atom. The van der Waals surface area contributed by atoms with E-state index in [4.69, 9.17) is 14.2 Å². The number of alkyl carbamates (subject to hydrolysis) is 2. The summed E-state index contributed by atoms with van der Waals surface area (Å²) in [5.41, 5.74) is 12.9. The molecule has 6 aromatic rings. The quantitative estimate of drug-likeness (QED) is 0.142. The van der Waals surface area contributed by atoms with Crippen LogP contribution >= 0.6 is 0 Å². The minimum Gasteiger partial charge on any atom is -0.449 e. The second-order valence-corrected chi connectivity index (χ2v) is 13.1. The van der Waals surface area contributed by atoms with Gasteiger partial charge in [0.25, 0.3) is 0 Å². The van der Waals surface area contributed by atoms with E-state index in [0.29, 0.717) is 26.3 Å². The molecule has 2 aliphatic carbocycles. The Labute approximate surface area is 303 Å². The van der Waals surface area contributed by atoms with Crippen LogP contribution in [0.5, 0.6) is 0 Å². The van der Waals surface area contributed by atoms with E-state index >= 15 is 0 Å². The number of fused-ring (bicyclic) bond motifs is 6. The first-order chi connectivity index (χ1) is 25.6. The SMILES string of the molecule is O=C(NCc1cccc(COCc2cccc(CNC(=O)OC3c4ccccc4-c4ccccc43)c2)c1)OCC1c2ccccc2-c2ccccc21. The molecule has 0 aromatic heterocycles. The fourth-order valence-electron chi connectivity index (χ4n) is 7.33. The minimum absolute atomic E-state index is 0.0196. The number of ether oxygens (including phenoxy) is 3. The Morgan fingerprint density at radius 2 is 0.904 bits per heavy atom. The molecule has 0 aliphatic heterocycles. The van der Waals surface area contributed by atoms with Crippen molar-refractivity contribution < 1.29 is 23.8 Å². The maximum Gasteiger partial charge on any atom is 0.408 e. The van der Waals surface area contributed by atoms with E-state index in [1.54, 1.807) is 0 Å². The molecular weight excluding hydrogens is 649 g/mol. The molecule has 0 fully saturated rings. The van der Waals surface area contributed by atoms with E-state index in [2.05, 4.69) is 47.0 Å². The molecule has 7 heteroatoms. The Morgan fingerprint density at radius 3 is 1.42 bits per heavy atom. The summed E-state index contributed by atoms with van der Waals surface area (Å²) in [5, 5.41) is 5.81. The first-order valence-corrected chi connectivity index (χ1v) is 17.6. The molecule has 258 valence electrons. The van der Waals surface area contributed by atoms with Crippen LogP contribution in [-0.2, 0) is 40.5 Å². The summed E-state index contributed by atoms with van der Waals surface area (Å²) in [7, 11) is 0. The third kappa shape index (κ3) is 7.04. The van der Waals surface area contributed by atoms with E-state index in [1.165, 1.54) is 22.3 Å². The highest BCUT2D eigenvalue weighted by Gasteiger charge is 2.31. The van der Waals surface area contributed by atoms with Crippen LogP contribution in [0.4, 0.5) is 9.59 Å². The molecule has 2 N–H and O–H groups in total. The normalized spacial score (nSPS) is 12.7. The molecule has 0 radical (unpaired) electrons. The number of amides is 2. The Hall–Kier alpha value is -6.18. The summed E-state index contributed by atoms with van der Waals surface area (Å²) in [6.07, 6.45) is -1.35. The van der Waals surface area contributed by atoms with Gasteiger partial charge in [0.2, 0.25) is 0 Å². The Kier molecular flexibility index (Phi) is 9.50. The molecule has 0 atom stereocenters. The van der Waals surface area contributed by atoms with Gasteiger partial charge in [-0.2, -0.15) is 0 Å². The summed E-state index contributed by atoms with van der Waals surface area (Å²) < 4.78 is 17.7. The number of carbonyl (C=O) groups excluding carboxylic acids is 2. The lowest BCUT2D eigenvalue weighted by molar-refractivity contribution is 0.107. The van der Waals surface area contributed by atoms with E-state index in [9.17, 15) is 9.59 Å². The van der Waals surface area contributed by atoms with Gasteiger partial charge < -0.3 is 24.8 Å². The van der Waals surface area contributed by atoms with Crippen molar-refractivity contribution in [2.24, 2.45) is 0 Å². The zero-order valence-electron chi connectivity index (χ0n) is 28.6. The molecule has 0 saturated heterocycles. The summed E-state index contributed by atoms with van der Waals surface area (Å²) in [5.74, 6) is 0.0196.